The Morgan fingerprint density at radius 2 is 1.76 bits per heavy atom. The number of hydrogen-bond donors (Lipinski definition) is 1. The van der Waals surface area contributed by atoms with Gasteiger partial charge in [0, 0.05) is 32.0 Å². The molecule has 25 heavy (non-hydrogen) atoms. The largest absolute Gasteiger partial charge is 0.377 e. The van der Waals surface area contributed by atoms with Crippen LogP contribution in [0.15, 0.2) is 18.2 Å². The Morgan fingerprint density at radius 3 is 2.32 bits per heavy atom. The highest BCUT2D eigenvalue weighted by Crippen LogP contribution is 2.19. The van der Waals surface area contributed by atoms with Gasteiger partial charge in [-0.2, -0.15) is 0 Å². The van der Waals surface area contributed by atoms with Crippen molar-refractivity contribution in [2.75, 3.05) is 38.2 Å². The van der Waals surface area contributed by atoms with Gasteiger partial charge < -0.3 is 14.8 Å². The van der Waals surface area contributed by atoms with Crippen molar-refractivity contribution < 1.29 is 14.3 Å². The van der Waals surface area contributed by atoms with E-state index in [-0.39, 0.29) is 18.1 Å². The SMILES string of the molecule is Cc1ccc(C)c(NC(=O)CN(C[C@H]2CCCO2)C[C@@H]2CCCO2)c1. The van der Waals surface area contributed by atoms with E-state index in [1.807, 2.05) is 26.0 Å². The highest BCUT2D eigenvalue weighted by molar-refractivity contribution is 5.93. The molecule has 2 saturated heterocycles. The van der Waals surface area contributed by atoms with E-state index in [1.54, 1.807) is 0 Å². The van der Waals surface area contributed by atoms with E-state index in [4.69, 9.17) is 9.47 Å². The minimum atomic E-state index is 0.0321. The number of rotatable bonds is 7. The molecule has 0 bridgehead atoms. The molecule has 2 aliphatic heterocycles. The summed E-state index contributed by atoms with van der Waals surface area (Å²) in [5.41, 5.74) is 3.14. The fourth-order valence-electron chi connectivity index (χ4n) is 3.62. The van der Waals surface area contributed by atoms with Gasteiger partial charge in [-0.3, -0.25) is 9.69 Å². The van der Waals surface area contributed by atoms with E-state index in [0.29, 0.717) is 6.54 Å². The molecule has 138 valence electrons. The van der Waals surface area contributed by atoms with Crippen molar-refractivity contribution in [1.29, 1.82) is 0 Å². The summed E-state index contributed by atoms with van der Waals surface area (Å²) in [6.07, 6.45) is 4.89. The first-order chi connectivity index (χ1) is 12.1. The number of nitrogens with zero attached hydrogens (tertiary/aromatic N) is 1. The first-order valence-electron chi connectivity index (χ1n) is 9.43. The summed E-state index contributed by atoms with van der Waals surface area (Å²) in [5.74, 6) is 0.0321. The molecule has 0 unspecified atom stereocenters. The average molecular weight is 346 g/mol. The maximum absolute atomic E-state index is 12.6. The summed E-state index contributed by atoms with van der Waals surface area (Å²) < 4.78 is 11.5. The summed E-state index contributed by atoms with van der Waals surface area (Å²) in [6, 6.07) is 6.13. The topological polar surface area (TPSA) is 50.8 Å². The van der Waals surface area contributed by atoms with Gasteiger partial charge in [0.15, 0.2) is 0 Å². The van der Waals surface area contributed by atoms with E-state index >= 15 is 0 Å². The average Bonchev–Trinajstić information content (AvgIpc) is 3.25. The van der Waals surface area contributed by atoms with Crippen LogP contribution in [0.2, 0.25) is 0 Å². The van der Waals surface area contributed by atoms with Crippen molar-refractivity contribution >= 4 is 11.6 Å². The van der Waals surface area contributed by atoms with Gasteiger partial charge in [-0.05, 0) is 56.7 Å². The van der Waals surface area contributed by atoms with Crippen molar-refractivity contribution in [3.05, 3.63) is 29.3 Å². The van der Waals surface area contributed by atoms with Crippen LogP contribution in [0.5, 0.6) is 0 Å². The minimum absolute atomic E-state index is 0.0321. The van der Waals surface area contributed by atoms with Crippen LogP contribution in [0, 0.1) is 13.8 Å². The van der Waals surface area contributed by atoms with Crippen molar-refractivity contribution in [3.63, 3.8) is 0 Å². The number of carbonyl (C=O) groups excluding carboxylic acids is 1. The molecule has 1 N–H and O–H groups in total. The number of amides is 1. The van der Waals surface area contributed by atoms with E-state index in [0.717, 1.165) is 68.8 Å². The standard InChI is InChI=1S/C20H30N2O3/c1-15-7-8-16(2)19(11-15)21-20(23)14-22(12-17-5-3-9-24-17)13-18-6-4-10-25-18/h7-8,11,17-18H,3-6,9-10,12-14H2,1-2H3,(H,21,23)/t17-,18+. The van der Waals surface area contributed by atoms with Gasteiger partial charge in [-0.25, -0.2) is 0 Å². The molecular weight excluding hydrogens is 316 g/mol. The van der Waals surface area contributed by atoms with Crippen LogP contribution in [-0.4, -0.2) is 55.9 Å². The Balaban J connectivity index is 1.58. The zero-order valence-electron chi connectivity index (χ0n) is 15.4. The van der Waals surface area contributed by atoms with Gasteiger partial charge in [0.05, 0.1) is 18.8 Å². The molecule has 0 aliphatic carbocycles. The normalized spacial score (nSPS) is 23.3. The predicted octanol–water partition coefficient (Wildman–Crippen LogP) is 2.90. The summed E-state index contributed by atoms with van der Waals surface area (Å²) >= 11 is 0. The lowest BCUT2D eigenvalue weighted by molar-refractivity contribution is -0.118. The second-order valence-electron chi connectivity index (χ2n) is 7.33. The Morgan fingerprint density at radius 1 is 1.12 bits per heavy atom. The third-order valence-electron chi connectivity index (χ3n) is 5.01. The molecule has 1 aromatic carbocycles. The summed E-state index contributed by atoms with van der Waals surface area (Å²) in [7, 11) is 0. The number of aryl methyl sites for hydroxylation is 2. The molecule has 2 heterocycles. The van der Waals surface area contributed by atoms with E-state index in [2.05, 4.69) is 16.3 Å². The van der Waals surface area contributed by atoms with Crippen LogP contribution in [0.1, 0.15) is 36.8 Å². The first-order valence-corrected chi connectivity index (χ1v) is 9.43. The van der Waals surface area contributed by atoms with Crippen LogP contribution in [0.3, 0.4) is 0 Å². The molecule has 0 spiro atoms. The fourth-order valence-corrected chi connectivity index (χ4v) is 3.62. The summed E-state index contributed by atoms with van der Waals surface area (Å²) in [6.45, 7) is 7.73. The predicted molar refractivity (Wildman–Crippen MR) is 98.9 cm³/mol. The highest BCUT2D eigenvalue weighted by atomic mass is 16.5. The summed E-state index contributed by atoms with van der Waals surface area (Å²) in [4.78, 5) is 14.8. The lowest BCUT2D eigenvalue weighted by atomic mass is 10.1. The van der Waals surface area contributed by atoms with Crippen molar-refractivity contribution in [1.82, 2.24) is 4.90 Å². The molecule has 2 atom stereocenters. The van der Waals surface area contributed by atoms with Gasteiger partial charge >= 0.3 is 0 Å². The van der Waals surface area contributed by atoms with Crippen LogP contribution in [0.4, 0.5) is 5.69 Å². The third kappa shape index (κ3) is 5.53. The van der Waals surface area contributed by atoms with Crippen LogP contribution >= 0.6 is 0 Å². The quantitative estimate of drug-likeness (QED) is 0.825. The first kappa shape index (κ1) is 18.4. The number of anilines is 1. The van der Waals surface area contributed by atoms with Gasteiger partial charge in [0.1, 0.15) is 0 Å². The van der Waals surface area contributed by atoms with E-state index < -0.39 is 0 Å². The van der Waals surface area contributed by atoms with E-state index in [9.17, 15) is 4.79 Å². The minimum Gasteiger partial charge on any atom is -0.377 e. The smallest absolute Gasteiger partial charge is 0.238 e. The second kappa shape index (κ2) is 8.79. The van der Waals surface area contributed by atoms with Gasteiger partial charge in [0.2, 0.25) is 5.91 Å². The Kier molecular flexibility index (Phi) is 6.45. The molecule has 1 amide bonds. The molecular formula is C20H30N2O3. The van der Waals surface area contributed by atoms with Crippen LogP contribution in [0.25, 0.3) is 0 Å². The molecule has 0 radical (unpaired) electrons. The lowest BCUT2D eigenvalue weighted by Gasteiger charge is -2.27. The number of nitrogens with one attached hydrogen (secondary N) is 1. The molecule has 1 aromatic rings. The molecule has 0 saturated carbocycles. The van der Waals surface area contributed by atoms with Crippen molar-refractivity contribution in [3.8, 4) is 0 Å². The molecule has 2 fully saturated rings. The molecule has 0 aromatic heterocycles. The maximum atomic E-state index is 12.6. The van der Waals surface area contributed by atoms with Crippen LogP contribution < -0.4 is 5.32 Å². The number of hydrogen-bond acceptors (Lipinski definition) is 4. The third-order valence-corrected chi connectivity index (χ3v) is 5.01. The lowest BCUT2D eigenvalue weighted by Crippen LogP contribution is -2.42. The number of carbonyl (C=O) groups is 1. The Labute approximate surface area is 150 Å². The molecule has 2 aliphatic rings. The molecule has 5 heteroatoms. The van der Waals surface area contributed by atoms with Crippen LogP contribution in [-0.2, 0) is 14.3 Å². The van der Waals surface area contributed by atoms with E-state index in [1.165, 1.54) is 0 Å². The number of ether oxygens (including phenoxy) is 2. The zero-order chi connectivity index (χ0) is 17.6. The molecule has 3 rings (SSSR count). The fraction of sp³-hybridized carbons (Fsp3) is 0.650. The zero-order valence-corrected chi connectivity index (χ0v) is 15.4. The highest BCUT2D eigenvalue weighted by Gasteiger charge is 2.25. The number of benzene rings is 1. The second-order valence-corrected chi connectivity index (χ2v) is 7.33. The van der Waals surface area contributed by atoms with Crippen molar-refractivity contribution in [2.45, 2.75) is 51.7 Å². The van der Waals surface area contributed by atoms with Gasteiger partial charge in [-0.1, -0.05) is 12.1 Å². The maximum Gasteiger partial charge on any atom is 0.238 e. The van der Waals surface area contributed by atoms with Gasteiger partial charge in [-0.15, -0.1) is 0 Å². The Bertz CT molecular complexity index is 560. The Hall–Kier alpha value is -1.43. The van der Waals surface area contributed by atoms with Crippen molar-refractivity contribution in [2.24, 2.45) is 0 Å². The summed E-state index contributed by atoms with van der Waals surface area (Å²) in [5, 5.41) is 3.07. The monoisotopic (exact) mass is 346 g/mol. The molecule has 5 nitrogen and oxygen atoms in total. The van der Waals surface area contributed by atoms with Gasteiger partial charge in [0.25, 0.3) is 0 Å².